The molecule has 1 N–H and O–H groups in total. The first-order valence-electron chi connectivity index (χ1n) is 5.32. The average Bonchev–Trinajstić information content (AvgIpc) is 2.76. The number of rotatable bonds is 4. The number of nitro groups is 1. The van der Waals surface area contributed by atoms with Gasteiger partial charge in [0, 0.05) is 24.1 Å². The maximum atomic E-state index is 11.3. The Hall–Kier alpha value is -2.49. The van der Waals surface area contributed by atoms with Crippen LogP contribution in [0.1, 0.15) is 15.9 Å². The molecule has 0 atom stereocenters. The molecule has 20 heavy (non-hydrogen) atoms. The highest BCUT2D eigenvalue weighted by atomic mass is 32.2. The van der Waals surface area contributed by atoms with E-state index in [4.69, 9.17) is 0 Å². The fraction of sp³-hybridized carbons (Fsp3) is 0.200. The third-order valence-corrected chi connectivity index (χ3v) is 3.75. The van der Waals surface area contributed by atoms with Crippen LogP contribution in [-0.4, -0.2) is 36.2 Å². The number of hydrogen-bond donors (Lipinski definition) is 1. The van der Waals surface area contributed by atoms with Crippen molar-refractivity contribution in [3.05, 3.63) is 33.4 Å². The zero-order valence-corrected chi connectivity index (χ0v) is 11.3. The Morgan fingerprint density at radius 2 is 2.20 bits per heavy atom. The number of carbonyl (C=O) groups is 1. The van der Waals surface area contributed by atoms with E-state index >= 15 is 0 Å². The number of benzene rings is 1. The van der Waals surface area contributed by atoms with Crippen molar-refractivity contribution in [1.29, 1.82) is 0 Å². The molecule has 0 aliphatic rings. The van der Waals surface area contributed by atoms with Crippen molar-refractivity contribution in [2.45, 2.75) is 17.0 Å². The van der Waals surface area contributed by atoms with Gasteiger partial charge in [0.25, 0.3) is 5.69 Å². The molecule has 0 unspecified atom stereocenters. The van der Waals surface area contributed by atoms with Crippen LogP contribution in [0.3, 0.4) is 0 Å². The lowest BCUT2D eigenvalue weighted by atomic mass is 10.1. The van der Waals surface area contributed by atoms with Crippen LogP contribution in [0.15, 0.2) is 22.2 Å². The van der Waals surface area contributed by atoms with Crippen molar-refractivity contribution >= 4 is 23.4 Å². The number of aromatic nitrogens is 4. The van der Waals surface area contributed by atoms with Gasteiger partial charge in [-0.25, -0.2) is 9.48 Å². The van der Waals surface area contributed by atoms with Crippen molar-refractivity contribution in [2.24, 2.45) is 7.05 Å². The van der Waals surface area contributed by atoms with E-state index in [9.17, 15) is 20.0 Å². The van der Waals surface area contributed by atoms with Crippen LogP contribution in [0.2, 0.25) is 0 Å². The van der Waals surface area contributed by atoms with Gasteiger partial charge in [0.15, 0.2) is 0 Å². The SMILES string of the molecule is Cc1cc([N+](=O)[O-])cc(C(=O)O)c1Sc1nnnn1C. The fourth-order valence-corrected chi connectivity index (χ4v) is 2.46. The van der Waals surface area contributed by atoms with E-state index in [1.54, 1.807) is 14.0 Å². The Morgan fingerprint density at radius 1 is 1.50 bits per heavy atom. The van der Waals surface area contributed by atoms with Crippen molar-refractivity contribution in [2.75, 3.05) is 0 Å². The van der Waals surface area contributed by atoms with Crippen LogP contribution in [-0.2, 0) is 7.05 Å². The van der Waals surface area contributed by atoms with Crippen LogP contribution in [0.25, 0.3) is 0 Å². The minimum atomic E-state index is -1.24. The lowest BCUT2D eigenvalue weighted by Crippen LogP contribution is -2.03. The van der Waals surface area contributed by atoms with E-state index < -0.39 is 10.9 Å². The highest BCUT2D eigenvalue weighted by Crippen LogP contribution is 2.34. The van der Waals surface area contributed by atoms with E-state index in [1.807, 2.05) is 0 Å². The predicted molar refractivity (Wildman–Crippen MR) is 67.7 cm³/mol. The summed E-state index contributed by atoms with van der Waals surface area (Å²) in [5.74, 6) is -1.24. The van der Waals surface area contributed by atoms with Gasteiger partial charge in [0.1, 0.15) is 0 Å². The first-order chi connectivity index (χ1) is 9.40. The molecular weight excluding hydrogens is 286 g/mol. The number of tetrazole rings is 1. The molecule has 1 aromatic heterocycles. The second kappa shape index (κ2) is 5.25. The first-order valence-corrected chi connectivity index (χ1v) is 6.14. The molecule has 0 spiro atoms. The number of nitrogens with zero attached hydrogens (tertiary/aromatic N) is 5. The first kappa shape index (κ1) is 13.9. The van der Waals surface area contributed by atoms with E-state index in [-0.39, 0.29) is 11.3 Å². The molecule has 0 bridgehead atoms. The number of hydrogen-bond acceptors (Lipinski definition) is 7. The smallest absolute Gasteiger partial charge is 0.337 e. The van der Waals surface area contributed by atoms with E-state index in [2.05, 4.69) is 15.5 Å². The normalized spacial score (nSPS) is 10.5. The summed E-state index contributed by atoms with van der Waals surface area (Å²) in [5.41, 5.74) is 0.0645. The number of aryl methyl sites for hydroxylation is 2. The Morgan fingerprint density at radius 3 is 2.70 bits per heavy atom. The summed E-state index contributed by atoms with van der Waals surface area (Å²) in [4.78, 5) is 21.8. The monoisotopic (exact) mass is 295 g/mol. The van der Waals surface area contributed by atoms with Gasteiger partial charge < -0.3 is 5.11 Å². The van der Waals surface area contributed by atoms with Crippen molar-refractivity contribution in [3.63, 3.8) is 0 Å². The van der Waals surface area contributed by atoms with Crippen LogP contribution < -0.4 is 0 Å². The molecule has 0 fully saturated rings. The summed E-state index contributed by atoms with van der Waals surface area (Å²) < 4.78 is 1.39. The van der Waals surface area contributed by atoms with Gasteiger partial charge in [-0.05, 0) is 34.7 Å². The lowest BCUT2D eigenvalue weighted by Gasteiger charge is -2.08. The molecular formula is C10H9N5O4S. The molecule has 2 rings (SSSR count). The predicted octanol–water partition coefficient (Wildman–Crippen LogP) is 1.28. The molecule has 0 aliphatic heterocycles. The van der Waals surface area contributed by atoms with Crippen molar-refractivity contribution in [3.8, 4) is 0 Å². The van der Waals surface area contributed by atoms with Crippen LogP contribution >= 0.6 is 11.8 Å². The van der Waals surface area contributed by atoms with E-state index in [1.165, 1.54) is 10.7 Å². The number of non-ortho nitro benzene ring substituents is 1. The Labute approximate surface area is 116 Å². The molecule has 0 amide bonds. The van der Waals surface area contributed by atoms with Crippen molar-refractivity contribution < 1.29 is 14.8 Å². The lowest BCUT2D eigenvalue weighted by molar-refractivity contribution is -0.385. The quantitative estimate of drug-likeness (QED) is 0.660. The van der Waals surface area contributed by atoms with E-state index in [0.717, 1.165) is 17.8 Å². The zero-order valence-electron chi connectivity index (χ0n) is 10.5. The van der Waals surface area contributed by atoms with Gasteiger partial charge >= 0.3 is 5.97 Å². The molecule has 10 heteroatoms. The standard InChI is InChI=1S/C10H9N5O4S/c1-5-3-6(15(18)19)4-7(9(16)17)8(5)20-10-11-12-13-14(10)2/h3-4H,1-2H3,(H,16,17). The minimum Gasteiger partial charge on any atom is -0.478 e. The number of nitro benzene ring substituents is 1. The third-order valence-electron chi connectivity index (χ3n) is 2.48. The molecule has 1 aromatic carbocycles. The molecule has 0 saturated heterocycles. The highest BCUT2D eigenvalue weighted by Gasteiger charge is 2.21. The summed E-state index contributed by atoms with van der Waals surface area (Å²) in [5, 5.41) is 31.2. The Kier molecular flexibility index (Phi) is 3.66. The highest BCUT2D eigenvalue weighted by molar-refractivity contribution is 7.99. The van der Waals surface area contributed by atoms with Crippen molar-refractivity contribution in [1.82, 2.24) is 20.2 Å². The number of carboxylic acids is 1. The second-order valence-corrected chi connectivity index (χ2v) is 4.87. The van der Waals surface area contributed by atoms with Gasteiger partial charge in [-0.1, -0.05) is 0 Å². The van der Waals surface area contributed by atoms with E-state index in [0.29, 0.717) is 15.6 Å². The van der Waals surface area contributed by atoms with Gasteiger partial charge in [0.05, 0.1) is 10.5 Å². The second-order valence-electron chi connectivity index (χ2n) is 3.89. The third kappa shape index (κ3) is 2.59. The number of aromatic carboxylic acids is 1. The van der Waals surface area contributed by atoms with Gasteiger partial charge in [-0.3, -0.25) is 10.1 Å². The molecule has 0 aliphatic carbocycles. The molecule has 2 aromatic rings. The number of carboxylic acid groups (broad SMARTS) is 1. The van der Waals surface area contributed by atoms with Gasteiger partial charge in [-0.15, -0.1) is 5.10 Å². The molecule has 1 heterocycles. The van der Waals surface area contributed by atoms with Gasteiger partial charge in [-0.2, -0.15) is 0 Å². The molecule has 104 valence electrons. The summed E-state index contributed by atoms with van der Waals surface area (Å²) in [7, 11) is 1.61. The fourth-order valence-electron chi connectivity index (χ4n) is 1.55. The van der Waals surface area contributed by atoms with Crippen LogP contribution in [0, 0.1) is 17.0 Å². The minimum absolute atomic E-state index is 0.148. The zero-order chi connectivity index (χ0) is 14.9. The maximum absolute atomic E-state index is 11.3. The van der Waals surface area contributed by atoms with Crippen LogP contribution in [0.5, 0.6) is 0 Å². The summed E-state index contributed by atoms with van der Waals surface area (Å²) in [6.45, 7) is 1.60. The topological polar surface area (TPSA) is 124 Å². The average molecular weight is 295 g/mol. The summed E-state index contributed by atoms with van der Waals surface area (Å²) >= 11 is 1.05. The maximum Gasteiger partial charge on any atom is 0.337 e. The Bertz CT molecular complexity index is 699. The van der Waals surface area contributed by atoms with Crippen LogP contribution in [0.4, 0.5) is 5.69 Å². The Balaban J connectivity index is 2.54. The summed E-state index contributed by atoms with van der Waals surface area (Å²) in [6.07, 6.45) is 0. The molecule has 0 saturated carbocycles. The molecule has 9 nitrogen and oxygen atoms in total. The summed E-state index contributed by atoms with van der Waals surface area (Å²) in [6, 6.07) is 2.35. The largest absolute Gasteiger partial charge is 0.478 e. The molecule has 0 radical (unpaired) electrons. The van der Waals surface area contributed by atoms with Gasteiger partial charge in [0.2, 0.25) is 5.16 Å².